The molecule has 0 saturated carbocycles. The Bertz CT molecular complexity index is 149. The van der Waals surface area contributed by atoms with Crippen LogP contribution in [0.5, 0.6) is 0 Å². The van der Waals surface area contributed by atoms with Crippen LogP contribution in [-0.2, 0) is 0 Å². The molecule has 0 aliphatic carbocycles. The predicted molar refractivity (Wildman–Crippen MR) is 58.7 cm³/mol. The van der Waals surface area contributed by atoms with E-state index in [1.807, 2.05) is 6.92 Å². The van der Waals surface area contributed by atoms with E-state index in [4.69, 9.17) is 0 Å². The van der Waals surface area contributed by atoms with E-state index in [0.717, 1.165) is 18.4 Å². The number of aliphatic hydroxyl groups excluding tert-OH is 1. The molecular weight excluding hydrogens is 160 g/mol. The van der Waals surface area contributed by atoms with Crippen molar-refractivity contribution < 1.29 is 5.11 Å². The molecule has 0 aromatic carbocycles. The van der Waals surface area contributed by atoms with E-state index in [9.17, 15) is 5.11 Å². The maximum atomic E-state index is 9.88. The lowest BCUT2D eigenvalue weighted by Gasteiger charge is -2.19. The lowest BCUT2D eigenvalue weighted by molar-refractivity contribution is 0.143. The molecule has 2 unspecified atom stereocenters. The number of unbranched alkanes of at least 4 members (excludes halogenated alkanes) is 1. The molecule has 0 aromatic heterocycles. The van der Waals surface area contributed by atoms with Crippen molar-refractivity contribution >= 4 is 0 Å². The van der Waals surface area contributed by atoms with E-state index < -0.39 is 0 Å². The molecule has 1 N–H and O–H groups in total. The van der Waals surface area contributed by atoms with Crippen LogP contribution in [-0.4, -0.2) is 11.2 Å². The van der Waals surface area contributed by atoms with Crippen LogP contribution in [0, 0.1) is 5.92 Å². The number of aliphatic hydroxyl groups is 1. The van der Waals surface area contributed by atoms with E-state index >= 15 is 0 Å². The third kappa shape index (κ3) is 5.09. The highest BCUT2D eigenvalue weighted by atomic mass is 16.3. The minimum atomic E-state index is -0.230. The average molecular weight is 184 g/mol. The Labute approximate surface area is 82.9 Å². The largest absolute Gasteiger partial charge is 0.388 e. The normalized spacial score (nSPS) is 17.2. The molecule has 13 heavy (non-hydrogen) atoms. The molecule has 0 aromatic rings. The Morgan fingerprint density at radius 3 is 2.46 bits per heavy atom. The van der Waals surface area contributed by atoms with Crippen molar-refractivity contribution in [3.05, 3.63) is 11.6 Å². The van der Waals surface area contributed by atoms with Gasteiger partial charge in [0.25, 0.3) is 0 Å². The second-order valence-electron chi connectivity index (χ2n) is 3.92. The first-order chi connectivity index (χ1) is 6.13. The molecular formula is C12H24O. The molecule has 1 nitrogen and oxygen atoms in total. The SMILES string of the molecule is CC/C=C(\C)C(O)C(C)CCCC. The van der Waals surface area contributed by atoms with Gasteiger partial charge in [-0.2, -0.15) is 0 Å². The van der Waals surface area contributed by atoms with Crippen molar-refractivity contribution in [3.8, 4) is 0 Å². The summed E-state index contributed by atoms with van der Waals surface area (Å²) >= 11 is 0. The van der Waals surface area contributed by atoms with Gasteiger partial charge in [0.05, 0.1) is 6.10 Å². The van der Waals surface area contributed by atoms with Crippen molar-refractivity contribution in [1.82, 2.24) is 0 Å². The summed E-state index contributed by atoms with van der Waals surface area (Å²) in [4.78, 5) is 0. The zero-order valence-electron chi connectivity index (χ0n) is 9.51. The molecule has 0 fully saturated rings. The van der Waals surface area contributed by atoms with Gasteiger partial charge in [-0.25, -0.2) is 0 Å². The van der Waals surface area contributed by atoms with Crippen molar-refractivity contribution in [2.24, 2.45) is 5.92 Å². The summed E-state index contributed by atoms with van der Waals surface area (Å²) in [5.74, 6) is 0.405. The number of allylic oxidation sites excluding steroid dienone is 1. The zero-order valence-corrected chi connectivity index (χ0v) is 9.51. The van der Waals surface area contributed by atoms with Crippen molar-refractivity contribution in [2.45, 2.75) is 59.5 Å². The average Bonchev–Trinajstić information content (AvgIpc) is 2.13. The Morgan fingerprint density at radius 2 is 2.00 bits per heavy atom. The molecule has 0 radical (unpaired) electrons. The number of rotatable bonds is 6. The fraction of sp³-hybridized carbons (Fsp3) is 0.833. The molecule has 0 rings (SSSR count). The molecule has 78 valence electrons. The van der Waals surface area contributed by atoms with Crippen LogP contribution in [0.4, 0.5) is 0 Å². The second kappa shape index (κ2) is 7.14. The summed E-state index contributed by atoms with van der Waals surface area (Å²) < 4.78 is 0. The maximum absolute atomic E-state index is 9.88. The summed E-state index contributed by atoms with van der Waals surface area (Å²) in [5.41, 5.74) is 1.13. The fourth-order valence-electron chi connectivity index (χ4n) is 1.58. The highest BCUT2D eigenvalue weighted by Crippen LogP contribution is 2.18. The fourth-order valence-corrected chi connectivity index (χ4v) is 1.58. The van der Waals surface area contributed by atoms with Crippen LogP contribution in [0.15, 0.2) is 11.6 Å². The van der Waals surface area contributed by atoms with Gasteiger partial charge in [0.1, 0.15) is 0 Å². The van der Waals surface area contributed by atoms with Crippen LogP contribution >= 0.6 is 0 Å². The van der Waals surface area contributed by atoms with Crippen molar-refractivity contribution in [2.75, 3.05) is 0 Å². The van der Waals surface area contributed by atoms with Gasteiger partial charge in [0.15, 0.2) is 0 Å². The number of hydrogen-bond donors (Lipinski definition) is 1. The van der Waals surface area contributed by atoms with Crippen LogP contribution in [0.1, 0.15) is 53.4 Å². The van der Waals surface area contributed by atoms with E-state index in [1.54, 1.807) is 0 Å². The van der Waals surface area contributed by atoms with Gasteiger partial charge in [-0.3, -0.25) is 0 Å². The molecule has 2 atom stereocenters. The number of hydrogen-bond acceptors (Lipinski definition) is 1. The first-order valence-corrected chi connectivity index (χ1v) is 5.48. The summed E-state index contributed by atoms with van der Waals surface area (Å²) in [7, 11) is 0. The third-order valence-electron chi connectivity index (χ3n) is 2.54. The van der Waals surface area contributed by atoms with Crippen molar-refractivity contribution in [1.29, 1.82) is 0 Å². The van der Waals surface area contributed by atoms with E-state index in [0.29, 0.717) is 5.92 Å². The molecule has 0 aliphatic heterocycles. The van der Waals surface area contributed by atoms with Gasteiger partial charge in [0, 0.05) is 0 Å². The smallest absolute Gasteiger partial charge is 0.0772 e. The molecule has 0 amide bonds. The topological polar surface area (TPSA) is 20.2 Å². The Morgan fingerprint density at radius 1 is 1.38 bits per heavy atom. The highest BCUT2D eigenvalue weighted by Gasteiger charge is 2.14. The van der Waals surface area contributed by atoms with Gasteiger partial charge in [0.2, 0.25) is 0 Å². The second-order valence-corrected chi connectivity index (χ2v) is 3.92. The Kier molecular flexibility index (Phi) is 6.97. The van der Waals surface area contributed by atoms with Crippen molar-refractivity contribution in [3.63, 3.8) is 0 Å². The Hall–Kier alpha value is -0.300. The minimum Gasteiger partial charge on any atom is -0.388 e. The van der Waals surface area contributed by atoms with Gasteiger partial charge >= 0.3 is 0 Å². The molecule has 0 heterocycles. The van der Waals surface area contributed by atoms with Crippen LogP contribution in [0.25, 0.3) is 0 Å². The standard InChI is InChI=1S/C12H24O/c1-5-7-9-11(4)12(13)10(3)8-6-2/h8,11-13H,5-7,9H2,1-4H3/b10-8+. The maximum Gasteiger partial charge on any atom is 0.0772 e. The Balaban J connectivity index is 3.93. The highest BCUT2D eigenvalue weighted by molar-refractivity contribution is 5.05. The quantitative estimate of drug-likeness (QED) is 0.626. The lowest BCUT2D eigenvalue weighted by atomic mass is 9.93. The van der Waals surface area contributed by atoms with E-state index in [1.165, 1.54) is 12.8 Å². The predicted octanol–water partition coefficient (Wildman–Crippen LogP) is 3.53. The first-order valence-electron chi connectivity index (χ1n) is 5.48. The summed E-state index contributed by atoms with van der Waals surface area (Å²) in [6.07, 6.45) is 6.47. The summed E-state index contributed by atoms with van der Waals surface area (Å²) in [6, 6.07) is 0. The molecule has 0 spiro atoms. The van der Waals surface area contributed by atoms with Gasteiger partial charge < -0.3 is 5.11 Å². The summed E-state index contributed by atoms with van der Waals surface area (Å²) in [6.45, 7) is 8.45. The molecule has 1 heteroatoms. The van der Waals surface area contributed by atoms with Gasteiger partial charge in [-0.15, -0.1) is 0 Å². The van der Waals surface area contributed by atoms with E-state index in [2.05, 4.69) is 26.8 Å². The van der Waals surface area contributed by atoms with Gasteiger partial charge in [-0.1, -0.05) is 39.7 Å². The molecule has 0 aliphatic rings. The zero-order chi connectivity index (χ0) is 10.3. The molecule has 0 saturated heterocycles. The lowest BCUT2D eigenvalue weighted by Crippen LogP contribution is -2.18. The van der Waals surface area contributed by atoms with E-state index in [-0.39, 0.29) is 6.10 Å². The van der Waals surface area contributed by atoms with Crippen LogP contribution < -0.4 is 0 Å². The minimum absolute atomic E-state index is 0.230. The first kappa shape index (κ1) is 12.7. The molecule has 0 bridgehead atoms. The summed E-state index contributed by atoms with van der Waals surface area (Å²) in [5, 5.41) is 9.88. The van der Waals surface area contributed by atoms with Crippen LogP contribution in [0.2, 0.25) is 0 Å². The monoisotopic (exact) mass is 184 g/mol. The van der Waals surface area contributed by atoms with Crippen LogP contribution in [0.3, 0.4) is 0 Å². The third-order valence-corrected chi connectivity index (χ3v) is 2.54. The van der Waals surface area contributed by atoms with Gasteiger partial charge in [-0.05, 0) is 31.3 Å².